The molecule has 0 aromatic heterocycles. The Hall–Kier alpha value is -2.40. The minimum Gasteiger partial charge on any atom is -0.497 e. The molecule has 0 bridgehead atoms. The van der Waals surface area contributed by atoms with Gasteiger partial charge in [-0.1, -0.05) is 11.6 Å². The van der Waals surface area contributed by atoms with E-state index in [1.165, 1.54) is 0 Å². The quantitative estimate of drug-likeness (QED) is 0.779. The van der Waals surface area contributed by atoms with Crippen LogP contribution in [-0.4, -0.2) is 38.7 Å². The van der Waals surface area contributed by atoms with Gasteiger partial charge in [0.25, 0.3) is 5.91 Å². The molecule has 1 aliphatic rings. The number of benzene rings is 2. The van der Waals surface area contributed by atoms with Crippen molar-refractivity contribution < 1.29 is 19.0 Å². The molecule has 1 amide bonds. The maximum absolute atomic E-state index is 13.2. The summed E-state index contributed by atoms with van der Waals surface area (Å²) in [5.74, 6) is 1.90. The summed E-state index contributed by atoms with van der Waals surface area (Å²) >= 11 is 6.10. The molecule has 6 heteroatoms. The smallest absolute Gasteiger partial charge is 0.258 e. The second-order valence-corrected chi connectivity index (χ2v) is 6.55. The first-order chi connectivity index (χ1) is 12.6. The Balaban J connectivity index is 1.99. The molecule has 2 aromatic rings. The van der Waals surface area contributed by atoms with Gasteiger partial charge in [-0.25, -0.2) is 0 Å². The lowest BCUT2D eigenvalue weighted by atomic mass is 10.0. The molecule has 3 rings (SSSR count). The predicted molar refractivity (Wildman–Crippen MR) is 101 cm³/mol. The topological polar surface area (TPSA) is 48.0 Å². The average Bonchev–Trinajstić information content (AvgIpc) is 3.16. The fourth-order valence-corrected chi connectivity index (χ4v) is 3.61. The Morgan fingerprint density at radius 1 is 1.04 bits per heavy atom. The van der Waals surface area contributed by atoms with Crippen LogP contribution in [0.1, 0.15) is 34.8 Å². The second-order valence-electron chi connectivity index (χ2n) is 6.11. The van der Waals surface area contributed by atoms with Gasteiger partial charge in [-0.05, 0) is 49.2 Å². The molecule has 1 fully saturated rings. The lowest BCUT2D eigenvalue weighted by Crippen LogP contribution is -2.31. The van der Waals surface area contributed by atoms with Crippen molar-refractivity contribution in [3.05, 3.63) is 52.5 Å². The summed E-state index contributed by atoms with van der Waals surface area (Å²) in [7, 11) is 4.80. The fraction of sp³-hybridized carbons (Fsp3) is 0.350. The minimum absolute atomic E-state index is 0.0868. The van der Waals surface area contributed by atoms with Gasteiger partial charge in [-0.2, -0.15) is 0 Å². The lowest BCUT2D eigenvalue weighted by Gasteiger charge is -2.27. The van der Waals surface area contributed by atoms with Crippen LogP contribution in [0.15, 0.2) is 36.4 Å². The summed E-state index contributed by atoms with van der Waals surface area (Å²) in [5.41, 5.74) is 1.41. The predicted octanol–water partition coefficient (Wildman–Crippen LogP) is 4.34. The largest absolute Gasteiger partial charge is 0.497 e. The van der Waals surface area contributed by atoms with Crippen LogP contribution in [0.3, 0.4) is 0 Å². The molecule has 1 atom stereocenters. The third-order valence-corrected chi connectivity index (χ3v) is 4.94. The number of hydrogen-bond acceptors (Lipinski definition) is 4. The highest BCUT2D eigenvalue weighted by Crippen LogP contribution is 2.40. The first-order valence-electron chi connectivity index (χ1n) is 8.45. The number of halogens is 1. The molecule has 1 aliphatic heterocycles. The van der Waals surface area contributed by atoms with Crippen LogP contribution in [0.4, 0.5) is 0 Å². The third-order valence-electron chi connectivity index (χ3n) is 4.70. The Labute approximate surface area is 158 Å². The van der Waals surface area contributed by atoms with E-state index in [1.807, 2.05) is 23.1 Å². The first-order valence-corrected chi connectivity index (χ1v) is 8.83. The zero-order chi connectivity index (χ0) is 18.7. The molecule has 0 N–H and O–H groups in total. The minimum atomic E-state index is -0.100. The number of methoxy groups -OCH3 is 3. The summed E-state index contributed by atoms with van der Waals surface area (Å²) < 4.78 is 16.2. The molecule has 1 saturated heterocycles. The molecule has 26 heavy (non-hydrogen) atoms. The van der Waals surface area contributed by atoms with Crippen molar-refractivity contribution in [1.82, 2.24) is 4.90 Å². The van der Waals surface area contributed by atoms with Crippen LogP contribution in [0.5, 0.6) is 17.2 Å². The zero-order valence-corrected chi connectivity index (χ0v) is 15.9. The number of hydrogen-bond donors (Lipinski definition) is 0. The molecule has 0 saturated carbocycles. The summed E-state index contributed by atoms with van der Waals surface area (Å²) in [4.78, 5) is 15.1. The van der Waals surface area contributed by atoms with Crippen molar-refractivity contribution in [2.75, 3.05) is 27.9 Å². The van der Waals surface area contributed by atoms with Crippen molar-refractivity contribution in [3.63, 3.8) is 0 Å². The zero-order valence-electron chi connectivity index (χ0n) is 15.1. The van der Waals surface area contributed by atoms with Gasteiger partial charge in [0.05, 0.1) is 32.9 Å². The van der Waals surface area contributed by atoms with Gasteiger partial charge in [0, 0.05) is 17.1 Å². The van der Waals surface area contributed by atoms with Crippen LogP contribution in [0, 0.1) is 0 Å². The summed E-state index contributed by atoms with van der Waals surface area (Å²) in [6.07, 6.45) is 1.78. The number of likely N-dealkylation sites (tertiary alicyclic amines) is 1. The maximum atomic E-state index is 13.2. The monoisotopic (exact) mass is 375 g/mol. The van der Waals surface area contributed by atoms with E-state index in [0.29, 0.717) is 22.9 Å². The maximum Gasteiger partial charge on any atom is 0.258 e. The van der Waals surface area contributed by atoms with Crippen LogP contribution in [-0.2, 0) is 0 Å². The molecule has 1 heterocycles. The van der Waals surface area contributed by atoms with E-state index < -0.39 is 0 Å². The number of carbonyl (C=O) groups excluding carboxylic acids is 1. The Bertz CT molecular complexity index is 808. The van der Waals surface area contributed by atoms with Crippen LogP contribution >= 0.6 is 11.6 Å². The normalized spacial score (nSPS) is 16.5. The fourth-order valence-electron chi connectivity index (χ4n) is 3.43. The number of amides is 1. The lowest BCUT2D eigenvalue weighted by molar-refractivity contribution is 0.0730. The van der Waals surface area contributed by atoms with Crippen molar-refractivity contribution in [1.29, 1.82) is 0 Å². The van der Waals surface area contributed by atoms with Crippen molar-refractivity contribution in [3.8, 4) is 17.2 Å². The standard InChI is InChI=1S/C20H22ClNO4/c1-24-14-7-9-18(25-2)15(12-14)17-5-4-10-22(17)20(23)16-11-13(21)6-8-19(16)26-3/h6-9,11-12,17H,4-5,10H2,1-3H3. The van der Waals surface area contributed by atoms with E-state index in [2.05, 4.69) is 0 Å². The molecule has 0 radical (unpaired) electrons. The molecular weight excluding hydrogens is 354 g/mol. The summed E-state index contributed by atoms with van der Waals surface area (Å²) in [5, 5.41) is 0.504. The highest BCUT2D eigenvalue weighted by atomic mass is 35.5. The van der Waals surface area contributed by atoms with Gasteiger partial charge >= 0.3 is 0 Å². The molecule has 2 aromatic carbocycles. The van der Waals surface area contributed by atoms with Gasteiger partial charge in [-0.15, -0.1) is 0 Å². The van der Waals surface area contributed by atoms with E-state index in [-0.39, 0.29) is 11.9 Å². The van der Waals surface area contributed by atoms with Crippen molar-refractivity contribution in [2.45, 2.75) is 18.9 Å². The number of ether oxygens (including phenoxy) is 3. The molecule has 138 valence electrons. The van der Waals surface area contributed by atoms with Gasteiger partial charge < -0.3 is 19.1 Å². The Kier molecular flexibility index (Phi) is 5.57. The van der Waals surface area contributed by atoms with Crippen LogP contribution in [0.2, 0.25) is 5.02 Å². The van der Waals surface area contributed by atoms with E-state index in [9.17, 15) is 4.79 Å². The van der Waals surface area contributed by atoms with Gasteiger partial charge in [-0.3, -0.25) is 4.79 Å². The Morgan fingerprint density at radius 2 is 1.77 bits per heavy atom. The molecule has 0 aliphatic carbocycles. The Morgan fingerprint density at radius 3 is 2.46 bits per heavy atom. The molecular formula is C20H22ClNO4. The van der Waals surface area contributed by atoms with E-state index in [0.717, 1.165) is 29.9 Å². The summed E-state index contributed by atoms with van der Waals surface area (Å²) in [6.45, 7) is 0.666. The van der Waals surface area contributed by atoms with E-state index in [1.54, 1.807) is 39.5 Å². The number of rotatable bonds is 5. The number of carbonyl (C=O) groups is 1. The van der Waals surface area contributed by atoms with Gasteiger partial charge in [0.2, 0.25) is 0 Å². The highest BCUT2D eigenvalue weighted by molar-refractivity contribution is 6.31. The molecule has 5 nitrogen and oxygen atoms in total. The van der Waals surface area contributed by atoms with Gasteiger partial charge in [0.15, 0.2) is 0 Å². The average molecular weight is 376 g/mol. The van der Waals surface area contributed by atoms with Crippen molar-refractivity contribution in [2.24, 2.45) is 0 Å². The van der Waals surface area contributed by atoms with E-state index in [4.69, 9.17) is 25.8 Å². The summed E-state index contributed by atoms with van der Waals surface area (Å²) in [6, 6.07) is 10.6. The second kappa shape index (κ2) is 7.87. The van der Waals surface area contributed by atoms with Crippen molar-refractivity contribution >= 4 is 17.5 Å². The van der Waals surface area contributed by atoms with Gasteiger partial charge in [0.1, 0.15) is 17.2 Å². The highest BCUT2D eigenvalue weighted by Gasteiger charge is 2.34. The molecule has 0 spiro atoms. The third kappa shape index (κ3) is 3.44. The first kappa shape index (κ1) is 18.4. The van der Waals surface area contributed by atoms with E-state index >= 15 is 0 Å². The number of nitrogens with zero attached hydrogens (tertiary/aromatic N) is 1. The SMILES string of the molecule is COc1ccc(OC)c(C2CCCN2C(=O)c2cc(Cl)ccc2OC)c1. The van der Waals surface area contributed by atoms with Crippen LogP contribution in [0.25, 0.3) is 0 Å². The molecule has 1 unspecified atom stereocenters. The van der Waals surface area contributed by atoms with Crippen LogP contribution < -0.4 is 14.2 Å².